The molecule has 0 bridgehead atoms. The van der Waals surface area contributed by atoms with Crippen molar-refractivity contribution in [2.75, 3.05) is 18.1 Å². The average molecular weight is 450 g/mol. The topological polar surface area (TPSA) is 47.4 Å². The number of amides is 1. The van der Waals surface area contributed by atoms with Gasteiger partial charge in [-0.25, -0.2) is 9.37 Å². The van der Waals surface area contributed by atoms with Gasteiger partial charge in [0.05, 0.1) is 17.6 Å². The lowest BCUT2D eigenvalue weighted by atomic mass is 10.1. The van der Waals surface area contributed by atoms with Crippen LogP contribution in [0, 0.1) is 5.82 Å². The second-order valence-electron chi connectivity index (χ2n) is 7.79. The molecule has 1 fully saturated rings. The van der Waals surface area contributed by atoms with Crippen LogP contribution in [0.15, 0.2) is 72.8 Å². The van der Waals surface area contributed by atoms with Crippen LogP contribution < -0.4 is 9.64 Å². The van der Waals surface area contributed by atoms with Crippen molar-refractivity contribution in [1.29, 1.82) is 0 Å². The highest BCUT2D eigenvalue weighted by atomic mass is 35.5. The monoisotopic (exact) mass is 449 g/mol. The number of ether oxygens (including phenoxy) is 1. The van der Waals surface area contributed by atoms with Crippen LogP contribution >= 0.6 is 11.6 Å². The molecule has 1 aromatic heterocycles. The standard InChI is InChI=1S/C25H21ClFN3O2/c26-18-5-11-21(12-6-18)32-14-13-29-23-4-2-1-3-22(23)28-25(29)17-15-24(31)30(16-17)20-9-7-19(27)8-10-20/h1-12,17H,13-16H2/t17-/m0/s1. The number of imidazole rings is 1. The van der Waals surface area contributed by atoms with E-state index < -0.39 is 0 Å². The van der Waals surface area contributed by atoms with Gasteiger partial charge in [0.15, 0.2) is 0 Å². The minimum Gasteiger partial charge on any atom is -0.492 e. The van der Waals surface area contributed by atoms with Crippen molar-refractivity contribution in [1.82, 2.24) is 9.55 Å². The van der Waals surface area contributed by atoms with E-state index in [2.05, 4.69) is 4.57 Å². The third-order valence-electron chi connectivity index (χ3n) is 5.71. The summed E-state index contributed by atoms with van der Waals surface area (Å²) in [6, 6.07) is 21.2. The molecule has 1 amide bonds. The van der Waals surface area contributed by atoms with Gasteiger partial charge in [-0.1, -0.05) is 23.7 Å². The highest BCUT2D eigenvalue weighted by Gasteiger charge is 2.34. The molecule has 0 saturated carbocycles. The number of fused-ring (bicyclic) bond motifs is 1. The number of rotatable bonds is 6. The summed E-state index contributed by atoms with van der Waals surface area (Å²) < 4.78 is 21.3. The van der Waals surface area contributed by atoms with Gasteiger partial charge in [-0.15, -0.1) is 0 Å². The molecule has 0 radical (unpaired) electrons. The number of carbonyl (C=O) groups excluding carboxylic acids is 1. The number of halogens is 2. The lowest BCUT2D eigenvalue weighted by molar-refractivity contribution is -0.117. The van der Waals surface area contributed by atoms with Crippen LogP contribution in [-0.4, -0.2) is 28.6 Å². The minimum absolute atomic E-state index is 0.0117. The fourth-order valence-corrected chi connectivity index (χ4v) is 4.30. The summed E-state index contributed by atoms with van der Waals surface area (Å²) in [6.07, 6.45) is 0.360. The van der Waals surface area contributed by atoms with Crippen molar-refractivity contribution >= 4 is 34.2 Å². The third-order valence-corrected chi connectivity index (χ3v) is 5.96. The number of para-hydroxylation sites is 2. The van der Waals surface area contributed by atoms with Gasteiger partial charge in [0.2, 0.25) is 5.91 Å². The number of anilines is 1. The Morgan fingerprint density at radius 3 is 2.56 bits per heavy atom. The van der Waals surface area contributed by atoms with Gasteiger partial charge >= 0.3 is 0 Å². The number of benzene rings is 3. The lowest BCUT2D eigenvalue weighted by Crippen LogP contribution is -2.24. The quantitative estimate of drug-likeness (QED) is 0.394. The maximum atomic E-state index is 13.3. The summed E-state index contributed by atoms with van der Waals surface area (Å²) in [5.41, 5.74) is 2.60. The molecule has 1 saturated heterocycles. The Balaban J connectivity index is 1.39. The summed E-state index contributed by atoms with van der Waals surface area (Å²) in [4.78, 5) is 19.3. The number of nitrogens with zero attached hydrogens (tertiary/aromatic N) is 3. The molecule has 0 unspecified atom stereocenters. The zero-order chi connectivity index (χ0) is 22.1. The average Bonchev–Trinajstić information content (AvgIpc) is 3.36. The summed E-state index contributed by atoms with van der Waals surface area (Å²) >= 11 is 5.94. The van der Waals surface area contributed by atoms with E-state index in [0.29, 0.717) is 36.8 Å². The van der Waals surface area contributed by atoms with Gasteiger partial charge in [-0.2, -0.15) is 0 Å². The number of carbonyl (C=O) groups is 1. The van der Waals surface area contributed by atoms with Gasteiger partial charge in [0.25, 0.3) is 0 Å². The van der Waals surface area contributed by atoms with Crippen molar-refractivity contribution < 1.29 is 13.9 Å². The van der Waals surface area contributed by atoms with Gasteiger partial charge in [-0.3, -0.25) is 4.79 Å². The van der Waals surface area contributed by atoms with Crippen LogP contribution in [0.1, 0.15) is 18.2 Å². The van der Waals surface area contributed by atoms with Crippen LogP contribution in [-0.2, 0) is 11.3 Å². The van der Waals surface area contributed by atoms with E-state index in [-0.39, 0.29) is 17.6 Å². The highest BCUT2D eigenvalue weighted by Crippen LogP contribution is 2.33. The smallest absolute Gasteiger partial charge is 0.227 e. The van der Waals surface area contributed by atoms with Crippen molar-refractivity contribution in [3.8, 4) is 5.75 Å². The van der Waals surface area contributed by atoms with Crippen LogP contribution in [0.2, 0.25) is 5.02 Å². The molecule has 7 heteroatoms. The highest BCUT2D eigenvalue weighted by molar-refractivity contribution is 6.30. The first-order chi connectivity index (χ1) is 15.6. The zero-order valence-electron chi connectivity index (χ0n) is 17.2. The molecular weight excluding hydrogens is 429 g/mol. The van der Waals surface area contributed by atoms with E-state index in [0.717, 1.165) is 22.6 Å². The van der Waals surface area contributed by atoms with Crippen LogP contribution in [0.3, 0.4) is 0 Å². The number of hydrogen-bond acceptors (Lipinski definition) is 3. The van der Waals surface area contributed by atoms with E-state index in [9.17, 15) is 9.18 Å². The largest absolute Gasteiger partial charge is 0.492 e. The molecule has 0 aliphatic carbocycles. The van der Waals surface area contributed by atoms with Gasteiger partial charge in [-0.05, 0) is 60.7 Å². The second kappa shape index (κ2) is 8.63. The van der Waals surface area contributed by atoms with E-state index in [4.69, 9.17) is 21.3 Å². The Hall–Kier alpha value is -3.38. The third kappa shape index (κ3) is 4.06. The van der Waals surface area contributed by atoms with Gasteiger partial charge in [0, 0.05) is 29.6 Å². The van der Waals surface area contributed by atoms with Crippen molar-refractivity contribution in [3.63, 3.8) is 0 Å². The Labute approximate surface area is 190 Å². The molecule has 5 rings (SSSR count). The first-order valence-electron chi connectivity index (χ1n) is 10.5. The Morgan fingerprint density at radius 2 is 1.78 bits per heavy atom. The van der Waals surface area contributed by atoms with E-state index in [1.807, 2.05) is 36.4 Å². The second-order valence-corrected chi connectivity index (χ2v) is 8.23. The SMILES string of the molecule is O=C1C[C@H](c2nc3ccccc3n2CCOc2ccc(Cl)cc2)CN1c1ccc(F)cc1. The fourth-order valence-electron chi connectivity index (χ4n) is 4.18. The fraction of sp³-hybridized carbons (Fsp3) is 0.200. The molecule has 0 spiro atoms. The summed E-state index contributed by atoms with van der Waals surface area (Å²) in [5.74, 6) is 1.25. The van der Waals surface area contributed by atoms with Crippen LogP contribution in [0.5, 0.6) is 5.75 Å². The molecule has 0 N–H and O–H groups in total. The van der Waals surface area contributed by atoms with Crippen molar-refractivity contribution in [2.45, 2.75) is 18.9 Å². The first kappa shape index (κ1) is 20.5. The minimum atomic E-state index is -0.320. The van der Waals surface area contributed by atoms with E-state index in [1.165, 1.54) is 12.1 Å². The Kier molecular flexibility index (Phi) is 5.53. The molecule has 5 nitrogen and oxygen atoms in total. The lowest BCUT2D eigenvalue weighted by Gasteiger charge is -2.17. The predicted molar refractivity (Wildman–Crippen MR) is 123 cm³/mol. The number of aromatic nitrogens is 2. The summed E-state index contributed by atoms with van der Waals surface area (Å²) in [7, 11) is 0. The maximum Gasteiger partial charge on any atom is 0.227 e. The van der Waals surface area contributed by atoms with E-state index >= 15 is 0 Å². The summed E-state index contributed by atoms with van der Waals surface area (Å²) in [5, 5.41) is 0.664. The molecule has 162 valence electrons. The normalized spacial score (nSPS) is 16.1. The summed E-state index contributed by atoms with van der Waals surface area (Å²) in [6.45, 7) is 1.56. The molecular formula is C25H21ClFN3O2. The number of hydrogen-bond donors (Lipinski definition) is 0. The Morgan fingerprint density at radius 1 is 1.03 bits per heavy atom. The zero-order valence-corrected chi connectivity index (χ0v) is 18.0. The van der Waals surface area contributed by atoms with Gasteiger partial charge in [0.1, 0.15) is 24.0 Å². The maximum absolute atomic E-state index is 13.3. The van der Waals surface area contributed by atoms with Gasteiger partial charge < -0.3 is 14.2 Å². The Bertz CT molecular complexity index is 1250. The molecule has 32 heavy (non-hydrogen) atoms. The predicted octanol–water partition coefficient (Wildman–Crippen LogP) is 5.43. The van der Waals surface area contributed by atoms with Crippen LogP contribution in [0.25, 0.3) is 11.0 Å². The molecule has 1 aliphatic heterocycles. The first-order valence-corrected chi connectivity index (χ1v) is 10.9. The molecule has 1 atom stereocenters. The van der Waals surface area contributed by atoms with Crippen molar-refractivity contribution in [2.24, 2.45) is 0 Å². The van der Waals surface area contributed by atoms with E-state index in [1.54, 1.807) is 29.2 Å². The molecule has 3 aromatic carbocycles. The van der Waals surface area contributed by atoms with Crippen molar-refractivity contribution in [3.05, 3.63) is 89.5 Å². The van der Waals surface area contributed by atoms with Crippen LogP contribution in [0.4, 0.5) is 10.1 Å². The molecule has 1 aliphatic rings. The molecule has 4 aromatic rings. The molecule has 2 heterocycles.